The zero-order chi connectivity index (χ0) is 5.98. The molecular formula is C6H4F2. The number of hydrogen-bond acceptors (Lipinski definition) is 0. The summed E-state index contributed by atoms with van der Waals surface area (Å²) in [5.41, 5.74) is 0. The SMILES string of the molecule is FC1=C(F)C=CC[C]1. The summed E-state index contributed by atoms with van der Waals surface area (Å²) in [6.45, 7) is 0. The Balaban J connectivity index is 2.76. The topological polar surface area (TPSA) is 0 Å². The first-order valence-corrected chi connectivity index (χ1v) is 2.26. The predicted molar refractivity (Wildman–Crippen MR) is 26.2 cm³/mol. The average molecular weight is 114 g/mol. The molecule has 0 saturated carbocycles. The summed E-state index contributed by atoms with van der Waals surface area (Å²) in [4.78, 5) is 0. The normalized spacial score (nSPS) is 19.8. The van der Waals surface area contributed by atoms with Gasteiger partial charge in [0.05, 0.1) is 6.42 Å². The van der Waals surface area contributed by atoms with Crippen LogP contribution in [0.5, 0.6) is 0 Å². The minimum Gasteiger partial charge on any atom is -0.208 e. The minimum atomic E-state index is -0.868. The van der Waals surface area contributed by atoms with Gasteiger partial charge in [0.2, 0.25) is 0 Å². The second-order valence-corrected chi connectivity index (χ2v) is 1.45. The molecule has 0 nitrogen and oxygen atoms in total. The third-order valence-corrected chi connectivity index (χ3v) is 0.849. The Morgan fingerprint density at radius 3 is 2.62 bits per heavy atom. The Bertz CT molecular complexity index is 145. The van der Waals surface area contributed by atoms with Gasteiger partial charge in [-0.3, -0.25) is 0 Å². The first kappa shape index (κ1) is 5.48. The van der Waals surface area contributed by atoms with Gasteiger partial charge in [-0.05, 0) is 12.5 Å². The Morgan fingerprint density at radius 2 is 2.25 bits per heavy atom. The van der Waals surface area contributed by atoms with E-state index in [4.69, 9.17) is 0 Å². The molecule has 2 radical (unpaired) electrons. The standard InChI is InChI=1S/C6H4F2/c7-5-3-1-2-4-6(5)8/h1,3H,2H2. The lowest BCUT2D eigenvalue weighted by molar-refractivity contribution is 0.553. The van der Waals surface area contributed by atoms with Crippen LogP contribution >= 0.6 is 0 Å². The lowest BCUT2D eigenvalue weighted by Gasteiger charge is -1.97. The van der Waals surface area contributed by atoms with Crippen LogP contribution in [0, 0.1) is 6.42 Å². The molecule has 2 heteroatoms. The summed E-state index contributed by atoms with van der Waals surface area (Å²) < 4.78 is 23.9. The Hall–Kier alpha value is -0.660. The monoisotopic (exact) mass is 114 g/mol. The van der Waals surface area contributed by atoms with Gasteiger partial charge >= 0.3 is 0 Å². The van der Waals surface area contributed by atoms with E-state index in [-0.39, 0.29) is 0 Å². The molecule has 1 rings (SSSR count). The van der Waals surface area contributed by atoms with Crippen LogP contribution in [0.3, 0.4) is 0 Å². The van der Waals surface area contributed by atoms with Gasteiger partial charge in [-0.1, -0.05) is 6.08 Å². The number of hydrogen-bond donors (Lipinski definition) is 0. The number of halogens is 2. The van der Waals surface area contributed by atoms with Gasteiger partial charge in [-0.25, -0.2) is 8.78 Å². The van der Waals surface area contributed by atoms with Crippen molar-refractivity contribution in [1.82, 2.24) is 0 Å². The van der Waals surface area contributed by atoms with Gasteiger partial charge in [0.25, 0.3) is 0 Å². The van der Waals surface area contributed by atoms with Crippen molar-refractivity contribution < 1.29 is 8.78 Å². The van der Waals surface area contributed by atoms with Crippen LogP contribution in [0.1, 0.15) is 6.42 Å². The molecule has 0 unspecified atom stereocenters. The van der Waals surface area contributed by atoms with Crippen LogP contribution in [-0.2, 0) is 0 Å². The molecule has 0 fully saturated rings. The lowest BCUT2D eigenvalue weighted by atomic mass is 10.2. The fourth-order valence-electron chi connectivity index (χ4n) is 0.469. The molecule has 1 aliphatic rings. The van der Waals surface area contributed by atoms with Crippen molar-refractivity contribution in [3.05, 3.63) is 30.2 Å². The van der Waals surface area contributed by atoms with Gasteiger partial charge in [-0.2, -0.15) is 0 Å². The van der Waals surface area contributed by atoms with Crippen LogP contribution in [0.15, 0.2) is 23.8 Å². The van der Waals surface area contributed by atoms with E-state index in [1.807, 2.05) is 0 Å². The largest absolute Gasteiger partial charge is 0.208 e. The third kappa shape index (κ3) is 0.941. The lowest BCUT2D eigenvalue weighted by Crippen LogP contribution is -1.84. The van der Waals surface area contributed by atoms with Crippen molar-refractivity contribution in [2.45, 2.75) is 6.42 Å². The Labute approximate surface area is 46.5 Å². The first-order valence-electron chi connectivity index (χ1n) is 2.26. The molecule has 0 aromatic rings. The number of allylic oxidation sites excluding steroid dienone is 4. The summed E-state index contributed by atoms with van der Waals surface area (Å²) >= 11 is 0. The predicted octanol–water partition coefficient (Wildman–Crippen LogP) is 2.18. The molecule has 0 bridgehead atoms. The van der Waals surface area contributed by atoms with Crippen LogP contribution in [0.4, 0.5) is 8.78 Å². The molecule has 0 aliphatic heterocycles. The first-order chi connectivity index (χ1) is 3.80. The molecule has 0 amide bonds. The van der Waals surface area contributed by atoms with E-state index in [2.05, 4.69) is 6.42 Å². The molecule has 8 heavy (non-hydrogen) atoms. The molecule has 0 spiro atoms. The van der Waals surface area contributed by atoms with Crippen molar-refractivity contribution in [3.63, 3.8) is 0 Å². The highest BCUT2D eigenvalue weighted by Crippen LogP contribution is 2.18. The molecular weight excluding hydrogens is 110 g/mol. The van der Waals surface area contributed by atoms with Crippen molar-refractivity contribution in [1.29, 1.82) is 0 Å². The van der Waals surface area contributed by atoms with Gasteiger partial charge in [0.15, 0.2) is 5.83 Å². The molecule has 0 aromatic heterocycles. The summed E-state index contributed by atoms with van der Waals surface area (Å²) in [6, 6.07) is 0. The van der Waals surface area contributed by atoms with Crippen molar-refractivity contribution in [3.8, 4) is 0 Å². The maximum absolute atomic E-state index is 11.9. The van der Waals surface area contributed by atoms with Gasteiger partial charge in [0.1, 0.15) is 5.83 Å². The molecule has 1 aliphatic carbocycles. The van der Waals surface area contributed by atoms with E-state index in [1.54, 1.807) is 0 Å². The van der Waals surface area contributed by atoms with Gasteiger partial charge < -0.3 is 0 Å². The highest BCUT2D eigenvalue weighted by atomic mass is 19.2. The number of rotatable bonds is 0. The molecule has 0 atom stereocenters. The molecule has 0 aromatic carbocycles. The fraction of sp³-hybridized carbons (Fsp3) is 0.167. The quantitative estimate of drug-likeness (QED) is 0.452. The van der Waals surface area contributed by atoms with Crippen LogP contribution in [0.2, 0.25) is 0 Å². The van der Waals surface area contributed by atoms with Crippen molar-refractivity contribution in [2.24, 2.45) is 0 Å². The highest BCUT2D eigenvalue weighted by Gasteiger charge is 2.05. The maximum atomic E-state index is 11.9. The third-order valence-electron chi connectivity index (χ3n) is 0.849. The van der Waals surface area contributed by atoms with Crippen molar-refractivity contribution in [2.75, 3.05) is 0 Å². The van der Waals surface area contributed by atoms with E-state index in [1.165, 1.54) is 6.08 Å². The Morgan fingerprint density at radius 1 is 1.50 bits per heavy atom. The van der Waals surface area contributed by atoms with E-state index < -0.39 is 11.7 Å². The second kappa shape index (κ2) is 2.07. The fourth-order valence-corrected chi connectivity index (χ4v) is 0.469. The second-order valence-electron chi connectivity index (χ2n) is 1.45. The average Bonchev–Trinajstić information content (AvgIpc) is 1.77. The van der Waals surface area contributed by atoms with Crippen LogP contribution in [-0.4, -0.2) is 0 Å². The van der Waals surface area contributed by atoms with Crippen molar-refractivity contribution >= 4 is 0 Å². The van der Waals surface area contributed by atoms with E-state index in [9.17, 15) is 8.78 Å². The molecule has 42 valence electrons. The van der Waals surface area contributed by atoms with Crippen LogP contribution in [0.25, 0.3) is 0 Å². The highest BCUT2D eigenvalue weighted by molar-refractivity contribution is 5.25. The minimum absolute atomic E-state index is 0.374. The van der Waals surface area contributed by atoms with E-state index in [0.717, 1.165) is 6.08 Å². The van der Waals surface area contributed by atoms with Gasteiger partial charge in [0, 0.05) is 0 Å². The van der Waals surface area contributed by atoms with E-state index in [0.29, 0.717) is 6.42 Å². The van der Waals surface area contributed by atoms with E-state index >= 15 is 0 Å². The summed E-state index contributed by atoms with van der Waals surface area (Å²) in [5, 5.41) is 0. The van der Waals surface area contributed by atoms with Gasteiger partial charge in [-0.15, -0.1) is 0 Å². The smallest absolute Gasteiger partial charge is 0.154 e. The Kier molecular flexibility index (Phi) is 1.42. The summed E-state index contributed by atoms with van der Waals surface area (Å²) in [5.74, 6) is -1.69. The summed E-state index contributed by atoms with van der Waals surface area (Å²) in [7, 11) is 0. The maximum Gasteiger partial charge on any atom is 0.154 e. The molecule has 0 heterocycles. The zero-order valence-electron chi connectivity index (χ0n) is 4.12. The summed E-state index contributed by atoms with van der Waals surface area (Å²) in [6.07, 6.45) is 5.17. The molecule has 0 saturated heterocycles. The molecule has 0 N–H and O–H groups in total. The zero-order valence-corrected chi connectivity index (χ0v) is 4.12. The van der Waals surface area contributed by atoms with Crippen LogP contribution < -0.4 is 0 Å².